The van der Waals surface area contributed by atoms with Crippen LogP contribution in [0, 0.1) is 5.82 Å². The third kappa shape index (κ3) is 6.64. The van der Waals surface area contributed by atoms with Gasteiger partial charge in [-0.05, 0) is 42.7 Å². The zero-order chi connectivity index (χ0) is 25.5. The number of methoxy groups -OCH3 is 1. The molecule has 0 saturated heterocycles. The number of nitrogens with one attached hydrogen (secondary N) is 3. The first-order chi connectivity index (χ1) is 17.4. The number of carbonyl (C=O) groups excluding carboxylic acids is 1. The fourth-order valence-corrected chi connectivity index (χ4v) is 5.13. The van der Waals surface area contributed by atoms with Gasteiger partial charge in [-0.1, -0.05) is 25.3 Å². The molecular weight excluding hydrogens is 483 g/mol. The van der Waals surface area contributed by atoms with Crippen LogP contribution in [0.15, 0.2) is 47.5 Å². The Morgan fingerprint density at radius 1 is 1.22 bits per heavy atom. The zero-order valence-electron chi connectivity index (χ0n) is 20.0. The van der Waals surface area contributed by atoms with E-state index in [1.54, 1.807) is 11.8 Å². The molecule has 1 aromatic heterocycles. The normalized spacial score (nSPS) is 15.3. The third-order valence-corrected chi connectivity index (χ3v) is 7.20. The van der Waals surface area contributed by atoms with Crippen LogP contribution in [0.5, 0.6) is 5.75 Å². The third-order valence-electron chi connectivity index (χ3n) is 6.13. The van der Waals surface area contributed by atoms with Gasteiger partial charge in [-0.15, -0.1) is 11.8 Å². The van der Waals surface area contributed by atoms with Crippen molar-refractivity contribution < 1.29 is 23.8 Å². The highest BCUT2D eigenvalue weighted by Gasteiger charge is 2.16. The Hall–Kier alpha value is -3.37. The number of hydrogen-bond donors (Lipinski definition) is 4. The lowest BCUT2D eigenvalue weighted by Crippen LogP contribution is -2.30. The van der Waals surface area contributed by atoms with E-state index in [-0.39, 0.29) is 17.1 Å². The van der Waals surface area contributed by atoms with Gasteiger partial charge < -0.3 is 20.5 Å². The monoisotopic (exact) mass is 512 g/mol. The first-order valence-corrected chi connectivity index (χ1v) is 12.8. The molecular formula is C26H29FN4O4S. The van der Waals surface area contributed by atoms with Crippen LogP contribution in [-0.4, -0.2) is 41.0 Å². The summed E-state index contributed by atoms with van der Waals surface area (Å²) in [6, 6.07) is 11.2. The quantitative estimate of drug-likeness (QED) is 0.351. The molecule has 0 spiro atoms. The van der Waals surface area contributed by atoms with Crippen LogP contribution in [0.4, 0.5) is 20.6 Å². The van der Waals surface area contributed by atoms with Crippen molar-refractivity contribution in [3.05, 3.63) is 54.0 Å². The van der Waals surface area contributed by atoms with Crippen LogP contribution in [0.3, 0.4) is 0 Å². The Balaban J connectivity index is 0.000000170. The van der Waals surface area contributed by atoms with Gasteiger partial charge in [0.1, 0.15) is 11.3 Å². The number of anilines is 2. The second kappa shape index (κ2) is 12.0. The van der Waals surface area contributed by atoms with Gasteiger partial charge in [0, 0.05) is 35.1 Å². The van der Waals surface area contributed by atoms with Gasteiger partial charge in [-0.2, -0.15) is 0 Å². The van der Waals surface area contributed by atoms with Crippen molar-refractivity contribution in [1.29, 1.82) is 0 Å². The number of rotatable bonds is 5. The molecule has 2 amide bonds. The molecule has 2 aromatic carbocycles. The smallest absolute Gasteiger partial charge is 0.409 e. The maximum atomic E-state index is 13.6. The van der Waals surface area contributed by atoms with Gasteiger partial charge in [0.25, 0.3) is 0 Å². The van der Waals surface area contributed by atoms with E-state index in [2.05, 4.69) is 39.1 Å². The molecule has 2 heterocycles. The van der Waals surface area contributed by atoms with Crippen molar-refractivity contribution in [2.45, 2.75) is 49.6 Å². The van der Waals surface area contributed by atoms with E-state index in [9.17, 15) is 14.0 Å². The Bertz CT molecular complexity index is 1250. The van der Waals surface area contributed by atoms with Gasteiger partial charge in [0.15, 0.2) is 5.82 Å². The number of benzene rings is 2. The lowest BCUT2D eigenvalue weighted by Gasteiger charge is -2.23. The van der Waals surface area contributed by atoms with Crippen molar-refractivity contribution in [3.8, 4) is 5.75 Å². The summed E-state index contributed by atoms with van der Waals surface area (Å²) in [5.41, 5.74) is 2.59. The summed E-state index contributed by atoms with van der Waals surface area (Å²) in [5, 5.41) is 17.8. The Morgan fingerprint density at radius 3 is 2.78 bits per heavy atom. The predicted molar refractivity (Wildman–Crippen MR) is 139 cm³/mol. The van der Waals surface area contributed by atoms with Crippen molar-refractivity contribution >= 4 is 46.0 Å². The van der Waals surface area contributed by atoms with Gasteiger partial charge >= 0.3 is 6.09 Å². The molecule has 1 saturated carbocycles. The molecule has 190 valence electrons. The molecule has 0 radical (unpaired) electrons. The van der Waals surface area contributed by atoms with Gasteiger partial charge in [0.05, 0.1) is 24.2 Å². The van der Waals surface area contributed by atoms with Crippen molar-refractivity contribution in [1.82, 2.24) is 10.3 Å². The van der Waals surface area contributed by atoms with E-state index in [0.29, 0.717) is 22.9 Å². The fraction of sp³-hybridized carbons (Fsp3) is 0.346. The van der Waals surface area contributed by atoms with E-state index < -0.39 is 11.9 Å². The summed E-state index contributed by atoms with van der Waals surface area (Å²) >= 11 is 1.62. The number of pyridine rings is 1. The van der Waals surface area contributed by atoms with Crippen LogP contribution in [-0.2, 0) is 11.3 Å². The molecule has 1 aliphatic heterocycles. The Kier molecular flexibility index (Phi) is 8.61. The Labute approximate surface area is 213 Å². The highest BCUT2D eigenvalue weighted by atomic mass is 32.2. The van der Waals surface area contributed by atoms with Crippen molar-refractivity contribution in [2.24, 2.45) is 0 Å². The number of carboxylic acid groups (broad SMARTS) is 1. The number of nitrogens with zero attached hydrogens (tertiary/aromatic N) is 1. The second-order valence-corrected chi connectivity index (χ2v) is 9.69. The summed E-state index contributed by atoms with van der Waals surface area (Å²) in [5.74, 6) is 0.381. The fourth-order valence-electron chi connectivity index (χ4n) is 4.34. The van der Waals surface area contributed by atoms with Crippen molar-refractivity contribution in [3.63, 3.8) is 0 Å². The lowest BCUT2D eigenvalue weighted by atomic mass is 9.95. The number of ether oxygens (including phenoxy) is 1. The van der Waals surface area contributed by atoms with E-state index in [1.807, 2.05) is 0 Å². The summed E-state index contributed by atoms with van der Waals surface area (Å²) in [6.07, 6.45) is 6.82. The van der Waals surface area contributed by atoms with Gasteiger partial charge in [0.2, 0.25) is 5.91 Å². The molecule has 10 heteroatoms. The van der Waals surface area contributed by atoms with Crippen LogP contribution < -0.4 is 20.7 Å². The van der Waals surface area contributed by atoms with E-state index in [4.69, 9.17) is 9.84 Å². The minimum atomic E-state index is -1.22. The molecule has 0 unspecified atom stereocenters. The number of aromatic nitrogens is 1. The maximum absolute atomic E-state index is 13.6. The molecule has 5 rings (SSSR count). The minimum absolute atomic E-state index is 0.0945. The standard InChI is InChI=1S/C15H20N2OS.C11H9FN2O3/c18-15-10-19-14-7-6-11(8-13(14)17-15)9-16-12-4-2-1-3-5-12;1-17-6-4-7-9(14-11(15)16)2-3-13-10(7)8(12)5-6/h6-8,12,16H,1-5,9-10H2,(H,17,18);2-5H,1H3,(H,13,14)(H,15,16). The molecule has 1 aliphatic carbocycles. The number of hydrogen-bond acceptors (Lipinski definition) is 6. The molecule has 3 aromatic rings. The van der Waals surface area contributed by atoms with E-state index in [1.165, 1.54) is 74.1 Å². The number of thioether (sulfide) groups is 1. The molecule has 0 bridgehead atoms. The van der Waals surface area contributed by atoms with Gasteiger partial charge in [-0.3, -0.25) is 15.1 Å². The summed E-state index contributed by atoms with van der Waals surface area (Å²) < 4.78 is 18.6. The maximum Gasteiger partial charge on any atom is 0.409 e. The first kappa shape index (κ1) is 25.7. The highest BCUT2D eigenvalue weighted by Crippen LogP contribution is 2.32. The molecule has 36 heavy (non-hydrogen) atoms. The average Bonchev–Trinajstić information content (AvgIpc) is 2.88. The second-order valence-electron chi connectivity index (χ2n) is 8.68. The number of amides is 2. The van der Waals surface area contributed by atoms with E-state index >= 15 is 0 Å². The Morgan fingerprint density at radius 2 is 2.03 bits per heavy atom. The van der Waals surface area contributed by atoms with Crippen LogP contribution in [0.2, 0.25) is 0 Å². The van der Waals surface area contributed by atoms with Crippen LogP contribution in [0.1, 0.15) is 37.7 Å². The molecule has 4 N–H and O–H groups in total. The summed E-state index contributed by atoms with van der Waals surface area (Å²) in [7, 11) is 1.40. The predicted octanol–water partition coefficient (Wildman–Crippen LogP) is 5.63. The lowest BCUT2D eigenvalue weighted by molar-refractivity contribution is -0.113. The first-order valence-electron chi connectivity index (χ1n) is 11.8. The average molecular weight is 513 g/mol. The van der Waals surface area contributed by atoms with Crippen molar-refractivity contribution in [2.75, 3.05) is 23.5 Å². The number of halogens is 1. The number of carbonyl (C=O) groups is 2. The van der Waals surface area contributed by atoms with E-state index in [0.717, 1.165) is 12.2 Å². The van der Waals surface area contributed by atoms with Crippen LogP contribution >= 0.6 is 11.8 Å². The van der Waals surface area contributed by atoms with Gasteiger partial charge in [-0.25, -0.2) is 9.18 Å². The summed E-state index contributed by atoms with van der Waals surface area (Å²) in [6.45, 7) is 0.901. The molecule has 8 nitrogen and oxygen atoms in total. The largest absolute Gasteiger partial charge is 0.497 e. The highest BCUT2D eigenvalue weighted by molar-refractivity contribution is 8.00. The van der Waals surface area contributed by atoms with Crippen LogP contribution in [0.25, 0.3) is 10.9 Å². The summed E-state index contributed by atoms with van der Waals surface area (Å²) in [4.78, 5) is 27.0. The minimum Gasteiger partial charge on any atom is -0.497 e. The number of fused-ring (bicyclic) bond motifs is 2. The topological polar surface area (TPSA) is 113 Å². The molecule has 2 aliphatic rings. The molecule has 0 atom stereocenters. The zero-order valence-corrected chi connectivity index (χ0v) is 20.8. The molecule has 1 fully saturated rings. The SMILES string of the molecule is COc1cc(F)c2nccc(NC(=O)O)c2c1.O=C1CSc2ccc(CNC3CCCCC3)cc2N1.